The molecule has 0 aliphatic carbocycles. The number of halogens is 1. The first kappa shape index (κ1) is 22.2. The van der Waals surface area contributed by atoms with Gasteiger partial charge in [-0.2, -0.15) is 4.31 Å². The minimum atomic E-state index is -3.62. The molecule has 2 aliphatic heterocycles. The van der Waals surface area contributed by atoms with Crippen molar-refractivity contribution in [3.63, 3.8) is 0 Å². The average Bonchev–Trinajstić information content (AvgIpc) is 2.73. The van der Waals surface area contributed by atoms with Crippen molar-refractivity contribution in [2.45, 2.75) is 31.6 Å². The molecule has 9 heteroatoms. The lowest BCUT2D eigenvalue weighted by Gasteiger charge is -2.39. The molecule has 0 N–H and O–H groups in total. The van der Waals surface area contributed by atoms with Crippen LogP contribution < -0.4 is 0 Å². The molecule has 2 amide bonds. The molecule has 1 atom stereocenters. The molecule has 1 aromatic rings. The van der Waals surface area contributed by atoms with E-state index in [9.17, 15) is 18.0 Å². The van der Waals surface area contributed by atoms with E-state index in [2.05, 4.69) is 15.9 Å². The predicted octanol–water partition coefficient (Wildman–Crippen LogP) is 2.18. The fourth-order valence-electron chi connectivity index (χ4n) is 3.89. The molecule has 2 heterocycles. The summed E-state index contributed by atoms with van der Waals surface area (Å²) in [5, 5.41) is 0. The highest BCUT2D eigenvalue weighted by atomic mass is 79.9. The number of sulfonamides is 1. The summed E-state index contributed by atoms with van der Waals surface area (Å²) >= 11 is 3.32. The number of hydrogen-bond donors (Lipinski definition) is 0. The van der Waals surface area contributed by atoms with Crippen molar-refractivity contribution in [1.82, 2.24) is 14.1 Å². The van der Waals surface area contributed by atoms with Gasteiger partial charge in [-0.25, -0.2) is 8.42 Å². The van der Waals surface area contributed by atoms with Gasteiger partial charge in [-0.05, 0) is 37.1 Å². The largest absolute Gasteiger partial charge is 0.339 e. The summed E-state index contributed by atoms with van der Waals surface area (Å²) < 4.78 is 28.2. The number of carbonyl (C=O) groups excluding carboxylic acids is 2. The van der Waals surface area contributed by atoms with E-state index >= 15 is 0 Å². The van der Waals surface area contributed by atoms with Gasteiger partial charge in [0.1, 0.15) is 0 Å². The lowest BCUT2D eigenvalue weighted by molar-refractivity contribution is -0.144. The molecule has 0 bridgehead atoms. The van der Waals surface area contributed by atoms with Crippen LogP contribution in [0.3, 0.4) is 0 Å². The highest BCUT2D eigenvalue weighted by molar-refractivity contribution is 9.10. The van der Waals surface area contributed by atoms with E-state index < -0.39 is 10.0 Å². The Hall–Kier alpha value is -1.45. The fraction of sp³-hybridized carbons (Fsp3) is 0.600. The SMILES string of the molecule is CC(C)C(=O)N1CCN(C(=O)C2CCCN(S(=O)(=O)c3ccc(Br)cc3)C2)CC1. The first-order valence-corrected chi connectivity index (χ1v) is 12.3. The van der Waals surface area contributed by atoms with Crippen molar-refractivity contribution in [1.29, 1.82) is 0 Å². The maximum Gasteiger partial charge on any atom is 0.243 e. The van der Waals surface area contributed by atoms with Crippen LogP contribution in [0, 0.1) is 11.8 Å². The van der Waals surface area contributed by atoms with Crippen molar-refractivity contribution in [3.8, 4) is 0 Å². The number of piperidine rings is 1. The van der Waals surface area contributed by atoms with Crippen LogP contribution in [0.25, 0.3) is 0 Å². The molecule has 1 unspecified atom stereocenters. The molecule has 0 aromatic heterocycles. The molecule has 0 saturated carbocycles. The third kappa shape index (κ3) is 5.00. The Morgan fingerprint density at radius 3 is 2.17 bits per heavy atom. The van der Waals surface area contributed by atoms with E-state index in [1.807, 2.05) is 13.8 Å². The molecule has 29 heavy (non-hydrogen) atoms. The number of amides is 2. The van der Waals surface area contributed by atoms with E-state index in [1.165, 1.54) is 4.31 Å². The minimum absolute atomic E-state index is 0.00245. The number of hydrogen-bond acceptors (Lipinski definition) is 4. The standard InChI is InChI=1S/C20H28BrN3O4S/c1-15(2)19(25)22-10-12-23(13-11-22)20(26)16-4-3-9-24(14-16)29(27,28)18-7-5-17(21)6-8-18/h5-8,15-16H,3-4,9-14H2,1-2H3. The second-order valence-electron chi connectivity index (χ2n) is 7.96. The second-order valence-corrected chi connectivity index (χ2v) is 10.8. The molecule has 1 aromatic carbocycles. The van der Waals surface area contributed by atoms with Gasteiger partial charge in [0, 0.05) is 49.7 Å². The van der Waals surface area contributed by atoms with Gasteiger partial charge < -0.3 is 9.80 Å². The zero-order chi connectivity index (χ0) is 21.2. The molecule has 7 nitrogen and oxygen atoms in total. The lowest BCUT2D eigenvalue weighted by Crippen LogP contribution is -2.54. The Bertz CT molecular complexity index is 849. The fourth-order valence-corrected chi connectivity index (χ4v) is 5.68. The summed E-state index contributed by atoms with van der Waals surface area (Å²) in [6.07, 6.45) is 1.36. The van der Waals surface area contributed by atoms with Crippen molar-refractivity contribution >= 4 is 37.8 Å². The van der Waals surface area contributed by atoms with E-state index in [-0.39, 0.29) is 35.1 Å². The smallest absolute Gasteiger partial charge is 0.243 e. The number of nitrogens with zero attached hydrogens (tertiary/aromatic N) is 3. The average molecular weight is 486 g/mol. The summed E-state index contributed by atoms with van der Waals surface area (Å²) in [4.78, 5) is 29.0. The lowest BCUT2D eigenvalue weighted by atomic mass is 9.97. The van der Waals surface area contributed by atoms with Crippen LogP contribution >= 0.6 is 15.9 Å². The van der Waals surface area contributed by atoms with Crippen LogP contribution in [0.15, 0.2) is 33.6 Å². The zero-order valence-electron chi connectivity index (χ0n) is 16.9. The van der Waals surface area contributed by atoms with E-state index in [4.69, 9.17) is 0 Å². The summed E-state index contributed by atoms with van der Waals surface area (Å²) in [5.41, 5.74) is 0. The van der Waals surface area contributed by atoms with Crippen molar-refractivity contribution in [2.24, 2.45) is 11.8 Å². The van der Waals surface area contributed by atoms with Crippen LogP contribution in [-0.4, -0.2) is 73.6 Å². The van der Waals surface area contributed by atoms with Crippen LogP contribution in [0.2, 0.25) is 0 Å². The van der Waals surface area contributed by atoms with Crippen LogP contribution in [0.5, 0.6) is 0 Å². The van der Waals surface area contributed by atoms with E-state index in [0.717, 1.165) is 4.47 Å². The van der Waals surface area contributed by atoms with Gasteiger partial charge in [0.15, 0.2) is 0 Å². The summed E-state index contributed by atoms with van der Waals surface area (Å²) in [6, 6.07) is 6.57. The third-order valence-electron chi connectivity index (χ3n) is 5.58. The zero-order valence-corrected chi connectivity index (χ0v) is 19.3. The van der Waals surface area contributed by atoms with Crippen molar-refractivity contribution < 1.29 is 18.0 Å². The minimum Gasteiger partial charge on any atom is -0.339 e. The van der Waals surface area contributed by atoms with Crippen LogP contribution in [0.4, 0.5) is 0 Å². The number of rotatable bonds is 4. The summed E-state index contributed by atoms with van der Waals surface area (Å²) in [6.45, 7) is 6.49. The van der Waals surface area contributed by atoms with Gasteiger partial charge >= 0.3 is 0 Å². The Balaban J connectivity index is 1.63. The Kier molecular flexibility index (Phi) is 7.01. The molecule has 160 valence electrons. The maximum atomic E-state index is 13.0. The van der Waals surface area contributed by atoms with Crippen LogP contribution in [0.1, 0.15) is 26.7 Å². The molecule has 2 saturated heterocycles. The van der Waals surface area contributed by atoms with Gasteiger partial charge in [0.25, 0.3) is 0 Å². The molecule has 2 fully saturated rings. The topological polar surface area (TPSA) is 78.0 Å². The van der Waals surface area contributed by atoms with Crippen LogP contribution in [-0.2, 0) is 19.6 Å². The molecular formula is C20H28BrN3O4S. The molecule has 3 rings (SSSR count). The summed E-state index contributed by atoms with van der Waals surface area (Å²) in [7, 11) is -3.62. The quantitative estimate of drug-likeness (QED) is 0.654. The molecule has 0 radical (unpaired) electrons. The predicted molar refractivity (Wildman–Crippen MR) is 114 cm³/mol. The van der Waals surface area contributed by atoms with E-state index in [0.29, 0.717) is 45.6 Å². The normalized spacial score (nSPS) is 21.4. The molecule has 0 spiro atoms. The molecular weight excluding hydrogens is 458 g/mol. The Morgan fingerprint density at radius 1 is 1.00 bits per heavy atom. The number of piperazine rings is 1. The molecule has 2 aliphatic rings. The second kappa shape index (κ2) is 9.14. The van der Waals surface area contributed by atoms with E-state index in [1.54, 1.807) is 34.1 Å². The monoisotopic (exact) mass is 485 g/mol. The Morgan fingerprint density at radius 2 is 1.59 bits per heavy atom. The Labute approximate surface area is 181 Å². The highest BCUT2D eigenvalue weighted by Gasteiger charge is 2.36. The van der Waals surface area contributed by atoms with Gasteiger partial charge in [-0.15, -0.1) is 0 Å². The summed E-state index contributed by atoms with van der Waals surface area (Å²) in [5.74, 6) is -0.270. The first-order chi connectivity index (χ1) is 13.7. The van der Waals surface area contributed by atoms with Crippen molar-refractivity contribution in [2.75, 3.05) is 39.3 Å². The maximum absolute atomic E-state index is 13.0. The van der Waals surface area contributed by atoms with Gasteiger partial charge in [-0.3, -0.25) is 9.59 Å². The third-order valence-corrected chi connectivity index (χ3v) is 7.99. The number of benzene rings is 1. The van der Waals surface area contributed by atoms with Gasteiger partial charge in [0.2, 0.25) is 21.8 Å². The van der Waals surface area contributed by atoms with Gasteiger partial charge in [0.05, 0.1) is 10.8 Å². The number of carbonyl (C=O) groups is 2. The highest BCUT2D eigenvalue weighted by Crippen LogP contribution is 2.26. The van der Waals surface area contributed by atoms with Gasteiger partial charge in [-0.1, -0.05) is 29.8 Å². The first-order valence-electron chi connectivity index (χ1n) is 10.0. The van der Waals surface area contributed by atoms with Crippen molar-refractivity contribution in [3.05, 3.63) is 28.7 Å².